The van der Waals surface area contributed by atoms with Crippen LogP contribution in [0.2, 0.25) is 0 Å². The lowest BCUT2D eigenvalue weighted by molar-refractivity contribution is -0.110. The minimum atomic E-state index is -0.361. The van der Waals surface area contributed by atoms with E-state index in [2.05, 4.69) is 13.2 Å². The Morgan fingerprint density at radius 2 is 1.71 bits per heavy atom. The fraction of sp³-hybridized carbons (Fsp3) is 0.250. The van der Waals surface area contributed by atoms with E-state index in [1.54, 1.807) is 0 Å². The van der Waals surface area contributed by atoms with E-state index in [1.807, 2.05) is 0 Å². The van der Waals surface area contributed by atoms with Gasteiger partial charge in [-0.3, -0.25) is 0 Å². The Labute approximate surface area is 42.6 Å². The highest BCUT2D eigenvalue weighted by Gasteiger charge is 1.53. The third kappa shape index (κ3) is 543. The zero-order valence-corrected chi connectivity index (χ0v) is 4.05. The van der Waals surface area contributed by atoms with E-state index in [0.717, 1.165) is 0 Å². The summed E-state index contributed by atoms with van der Waals surface area (Å²) in [6.07, 6.45) is 0.431. The van der Waals surface area contributed by atoms with Crippen molar-refractivity contribution in [2.24, 2.45) is 0 Å². The van der Waals surface area contributed by atoms with Crippen LogP contribution in [0.4, 0.5) is 0 Å². The zero-order valence-electron chi connectivity index (χ0n) is 4.05. The summed E-state index contributed by atoms with van der Waals surface area (Å²) in [6.45, 7) is 5.64. The molecule has 0 aromatic rings. The summed E-state index contributed by atoms with van der Waals surface area (Å²) in [6, 6.07) is 0. The van der Waals surface area contributed by atoms with E-state index >= 15 is 0 Å². The van der Waals surface area contributed by atoms with Crippen LogP contribution in [0.25, 0.3) is 0 Å². The molecule has 0 saturated heterocycles. The van der Waals surface area contributed by atoms with Crippen LogP contribution in [0.1, 0.15) is 0 Å². The molecule has 0 amide bonds. The maximum atomic E-state index is 8.92. The van der Waals surface area contributed by atoms with Gasteiger partial charge in [0.1, 0.15) is 6.29 Å². The van der Waals surface area contributed by atoms with E-state index in [0.29, 0.717) is 6.29 Å². The van der Waals surface area contributed by atoms with Crippen LogP contribution in [-0.2, 0) is 4.79 Å². The van der Waals surface area contributed by atoms with Crippen LogP contribution in [0.15, 0.2) is 13.2 Å². The van der Waals surface area contributed by atoms with Gasteiger partial charge in [-0.2, -0.15) is 0 Å². The maximum absolute atomic E-state index is 8.92. The summed E-state index contributed by atoms with van der Waals surface area (Å²) >= 11 is 0. The second-order valence-electron chi connectivity index (χ2n) is 0.349. The summed E-state index contributed by atoms with van der Waals surface area (Å²) in [5, 5.41) is 7.51. The van der Waals surface area contributed by atoms with Crippen molar-refractivity contribution in [2.75, 3.05) is 6.61 Å². The molecule has 0 saturated carbocycles. The summed E-state index contributed by atoms with van der Waals surface area (Å²) in [7, 11) is 0. The predicted molar refractivity (Wildman–Crippen MR) is 28.0 cm³/mol. The standard InChI is InChI=1S/C2H4O2.C2H4.H2O/c3-1-2-4;1-2;/h1,4H,2H2;1-2H2;1H2. The minimum absolute atomic E-state index is 0. The van der Waals surface area contributed by atoms with Gasteiger partial charge in [-0.25, -0.2) is 0 Å². The molecular formula is C4H10O3. The molecule has 0 aliphatic rings. The van der Waals surface area contributed by atoms with Gasteiger partial charge >= 0.3 is 0 Å². The molecule has 0 aliphatic carbocycles. The number of carbonyl (C=O) groups excluding carboxylic acids is 1. The summed E-state index contributed by atoms with van der Waals surface area (Å²) in [5.74, 6) is 0. The van der Waals surface area contributed by atoms with E-state index in [1.165, 1.54) is 0 Å². The lowest BCUT2D eigenvalue weighted by atomic mass is 10.9. The first-order valence-electron chi connectivity index (χ1n) is 1.46. The van der Waals surface area contributed by atoms with Crippen molar-refractivity contribution in [3.8, 4) is 0 Å². The monoisotopic (exact) mass is 106 g/mol. The molecule has 0 atom stereocenters. The highest BCUT2D eigenvalue weighted by Crippen LogP contribution is 1.27. The molecule has 3 N–H and O–H groups in total. The van der Waals surface area contributed by atoms with E-state index in [-0.39, 0.29) is 12.1 Å². The van der Waals surface area contributed by atoms with Gasteiger partial charge in [0.25, 0.3) is 0 Å². The van der Waals surface area contributed by atoms with Crippen LogP contribution >= 0.6 is 0 Å². The first-order chi connectivity index (χ1) is 2.91. The average molecular weight is 106 g/mol. The Hall–Kier alpha value is -0.670. The van der Waals surface area contributed by atoms with Crippen LogP contribution in [0.5, 0.6) is 0 Å². The molecule has 3 heteroatoms. The molecule has 0 rings (SSSR count). The highest BCUT2D eigenvalue weighted by atomic mass is 16.3. The van der Waals surface area contributed by atoms with Crippen LogP contribution in [-0.4, -0.2) is 23.5 Å². The fourth-order valence-corrected chi connectivity index (χ4v) is 0. The Kier molecular flexibility index (Phi) is 131. The third-order valence-corrected chi connectivity index (χ3v) is 0.0745. The van der Waals surface area contributed by atoms with Crippen molar-refractivity contribution in [1.82, 2.24) is 0 Å². The quantitative estimate of drug-likeness (QED) is 0.349. The number of aliphatic hydroxyl groups excluding tert-OH is 1. The first-order valence-corrected chi connectivity index (χ1v) is 1.46. The van der Waals surface area contributed by atoms with Crippen molar-refractivity contribution in [3.05, 3.63) is 13.2 Å². The Balaban J connectivity index is -0.0000000480. The Morgan fingerprint density at radius 1 is 1.57 bits per heavy atom. The number of aliphatic hydroxyl groups is 1. The van der Waals surface area contributed by atoms with Crippen molar-refractivity contribution in [1.29, 1.82) is 0 Å². The van der Waals surface area contributed by atoms with Gasteiger partial charge < -0.3 is 15.4 Å². The van der Waals surface area contributed by atoms with Crippen molar-refractivity contribution in [2.45, 2.75) is 0 Å². The molecule has 44 valence electrons. The molecule has 0 aromatic carbocycles. The van der Waals surface area contributed by atoms with Gasteiger partial charge in [-0.15, -0.1) is 13.2 Å². The molecular weight excluding hydrogens is 96.0 g/mol. The lowest BCUT2D eigenvalue weighted by Gasteiger charge is -1.54. The normalized spacial score (nSPS) is 4.14. The van der Waals surface area contributed by atoms with Gasteiger partial charge in [0.05, 0.1) is 6.61 Å². The molecule has 0 radical (unpaired) electrons. The molecule has 7 heavy (non-hydrogen) atoms. The molecule has 0 fully saturated rings. The van der Waals surface area contributed by atoms with E-state index < -0.39 is 0 Å². The largest absolute Gasteiger partial charge is 0.412 e. The molecule has 0 aromatic heterocycles. The molecule has 0 bridgehead atoms. The zero-order chi connectivity index (χ0) is 5.41. The Morgan fingerprint density at radius 3 is 1.71 bits per heavy atom. The number of rotatable bonds is 1. The second-order valence-corrected chi connectivity index (χ2v) is 0.349. The first kappa shape index (κ1) is 16.2. The molecule has 0 heterocycles. The minimum Gasteiger partial charge on any atom is -0.412 e. The summed E-state index contributed by atoms with van der Waals surface area (Å²) in [4.78, 5) is 8.92. The smallest absolute Gasteiger partial charge is 0.145 e. The predicted octanol–water partition coefficient (Wildman–Crippen LogP) is -0.845. The van der Waals surface area contributed by atoms with Crippen molar-refractivity contribution in [3.63, 3.8) is 0 Å². The number of hydrogen-bond donors (Lipinski definition) is 1. The van der Waals surface area contributed by atoms with Crippen molar-refractivity contribution < 1.29 is 15.4 Å². The topological polar surface area (TPSA) is 68.8 Å². The second kappa shape index (κ2) is 56.5. The summed E-state index contributed by atoms with van der Waals surface area (Å²) < 4.78 is 0. The third-order valence-electron chi connectivity index (χ3n) is 0.0745. The summed E-state index contributed by atoms with van der Waals surface area (Å²) in [5.41, 5.74) is 0. The number of aldehydes is 1. The molecule has 0 spiro atoms. The van der Waals surface area contributed by atoms with Crippen molar-refractivity contribution >= 4 is 6.29 Å². The van der Waals surface area contributed by atoms with Crippen LogP contribution in [0, 0.1) is 0 Å². The molecule has 3 nitrogen and oxygen atoms in total. The van der Waals surface area contributed by atoms with Gasteiger partial charge in [0, 0.05) is 0 Å². The van der Waals surface area contributed by atoms with Gasteiger partial charge in [-0.05, 0) is 0 Å². The highest BCUT2D eigenvalue weighted by molar-refractivity contribution is 5.49. The fourth-order valence-electron chi connectivity index (χ4n) is 0. The average Bonchev–Trinajstić information content (AvgIpc) is 1.72. The van der Waals surface area contributed by atoms with E-state index in [9.17, 15) is 0 Å². The van der Waals surface area contributed by atoms with Gasteiger partial charge in [0.2, 0.25) is 0 Å². The Bertz CT molecular complexity index is 28.1. The molecule has 0 unspecified atom stereocenters. The number of hydrogen-bond acceptors (Lipinski definition) is 2. The van der Waals surface area contributed by atoms with Crippen LogP contribution < -0.4 is 0 Å². The molecule has 0 aliphatic heterocycles. The lowest BCUT2D eigenvalue weighted by Crippen LogP contribution is -1.75. The van der Waals surface area contributed by atoms with Gasteiger partial charge in [-0.1, -0.05) is 0 Å². The SMILES string of the molecule is C=C.O.O=CCO. The van der Waals surface area contributed by atoms with Gasteiger partial charge in [0.15, 0.2) is 0 Å². The van der Waals surface area contributed by atoms with E-state index in [4.69, 9.17) is 9.90 Å². The van der Waals surface area contributed by atoms with Crippen LogP contribution in [0.3, 0.4) is 0 Å². The number of carbonyl (C=O) groups is 1. The maximum Gasteiger partial charge on any atom is 0.145 e.